The molecule has 0 aliphatic heterocycles. The summed E-state index contributed by atoms with van der Waals surface area (Å²) in [5.41, 5.74) is 5.26. The molecule has 1 N–H and O–H groups in total. The van der Waals surface area contributed by atoms with Crippen LogP contribution in [0.2, 0.25) is 0 Å². The van der Waals surface area contributed by atoms with Crippen LogP contribution in [-0.4, -0.2) is 30.0 Å². The summed E-state index contributed by atoms with van der Waals surface area (Å²) in [5.74, 6) is 0.279. The third-order valence-electron chi connectivity index (χ3n) is 4.45. The van der Waals surface area contributed by atoms with E-state index in [1.165, 1.54) is 11.3 Å². The van der Waals surface area contributed by atoms with Crippen molar-refractivity contribution in [2.45, 2.75) is 12.8 Å². The summed E-state index contributed by atoms with van der Waals surface area (Å²) in [6.07, 6.45) is 5.68. The Morgan fingerprint density at radius 1 is 1.15 bits per heavy atom. The predicted octanol–water partition coefficient (Wildman–Crippen LogP) is 4.29. The highest BCUT2D eigenvalue weighted by Gasteiger charge is 2.30. The third kappa shape index (κ3) is 3.46. The number of benzene rings is 1. The van der Waals surface area contributed by atoms with Crippen LogP contribution in [-0.2, 0) is 4.79 Å². The van der Waals surface area contributed by atoms with Crippen molar-refractivity contribution in [2.24, 2.45) is 5.92 Å². The molecule has 1 aromatic carbocycles. The molecule has 0 saturated heterocycles. The maximum atomic E-state index is 11.9. The fraction of sp³-hybridized carbons (Fsp3) is 0.250. The van der Waals surface area contributed by atoms with E-state index in [2.05, 4.69) is 44.5 Å². The zero-order valence-corrected chi connectivity index (χ0v) is 15.6. The molecule has 2 heterocycles. The van der Waals surface area contributed by atoms with Crippen molar-refractivity contribution in [2.75, 3.05) is 24.3 Å². The fourth-order valence-electron chi connectivity index (χ4n) is 2.84. The highest BCUT2D eigenvalue weighted by Crippen LogP contribution is 2.33. The Balaban J connectivity index is 1.55. The molecule has 26 heavy (non-hydrogen) atoms. The molecule has 6 heteroatoms. The van der Waals surface area contributed by atoms with Crippen LogP contribution in [0.25, 0.3) is 22.4 Å². The largest absolute Gasteiger partial charge is 0.377 e. The Hall–Kier alpha value is -2.73. The number of pyridine rings is 1. The van der Waals surface area contributed by atoms with Crippen LogP contribution >= 0.6 is 11.3 Å². The van der Waals surface area contributed by atoms with Gasteiger partial charge in [-0.05, 0) is 24.5 Å². The summed E-state index contributed by atoms with van der Waals surface area (Å²) in [6, 6.07) is 10.3. The van der Waals surface area contributed by atoms with Crippen LogP contribution < -0.4 is 10.2 Å². The second-order valence-electron chi connectivity index (χ2n) is 6.67. The lowest BCUT2D eigenvalue weighted by molar-refractivity contribution is -0.117. The fourth-order valence-corrected chi connectivity index (χ4v) is 3.56. The van der Waals surface area contributed by atoms with Crippen LogP contribution in [0.4, 0.5) is 10.8 Å². The summed E-state index contributed by atoms with van der Waals surface area (Å²) in [6.45, 7) is 0. The van der Waals surface area contributed by atoms with Crippen LogP contribution in [0.1, 0.15) is 12.8 Å². The van der Waals surface area contributed by atoms with E-state index in [1.54, 1.807) is 6.20 Å². The van der Waals surface area contributed by atoms with E-state index in [1.807, 2.05) is 31.7 Å². The summed E-state index contributed by atoms with van der Waals surface area (Å²) < 4.78 is 0. The third-order valence-corrected chi connectivity index (χ3v) is 5.21. The van der Waals surface area contributed by atoms with Gasteiger partial charge in [-0.15, -0.1) is 11.3 Å². The van der Waals surface area contributed by atoms with E-state index in [4.69, 9.17) is 0 Å². The van der Waals surface area contributed by atoms with Gasteiger partial charge in [-0.2, -0.15) is 0 Å². The highest BCUT2D eigenvalue weighted by atomic mass is 32.1. The molecule has 0 spiro atoms. The SMILES string of the molecule is CN(C)c1ccncc1-c1ccc(-c2csc(NC(=O)C3CC3)n2)cc1. The Labute approximate surface area is 156 Å². The lowest BCUT2D eigenvalue weighted by Crippen LogP contribution is -2.12. The monoisotopic (exact) mass is 364 g/mol. The highest BCUT2D eigenvalue weighted by molar-refractivity contribution is 7.14. The Morgan fingerprint density at radius 2 is 1.88 bits per heavy atom. The molecule has 0 bridgehead atoms. The van der Waals surface area contributed by atoms with Gasteiger partial charge >= 0.3 is 0 Å². The molecule has 3 aromatic rings. The number of anilines is 2. The van der Waals surface area contributed by atoms with Crippen LogP contribution in [0.3, 0.4) is 0 Å². The summed E-state index contributed by atoms with van der Waals surface area (Å²) in [7, 11) is 4.06. The molecule has 0 atom stereocenters. The summed E-state index contributed by atoms with van der Waals surface area (Å²) in [4.78, 5) is 22.7. The first-order valence-electron chi connectivity index (χ1n) is 8.60. The van der Waals surface area contributed by atoms with Gasteiger partial charge < -0.3 is 10.2 Å². The number of aromatic nitrogens is 2. The van der Waals surface area contributed by atoms with E-state index in [-0.39, 0.29) is 11.8 Å². The Kier molecular flexibility index (Phi) is 4.42. The number of thiazole rings is 1. The van der Waals surface area contributed by atoms with E-state index in [0.29, 0.717) is 5.13 Å². The van der Waals surface area contributed by atoms with Gasteiger partial charge in [0.05, 0.1) is 5.69 Å². The molecule has 1 saturated carbocycles. The van der Waals surface area contributed by atoms with Crippen molar-refractivity contribution < 1.29 is 4.79 Å². The van der Waals surface area contributed by atoms with Gasteiger partial charge in [-0.1, -0.05) is 24.3 Å². The van der Waals surface area contributed by atoms with Crippen molar-refractivity contribution in [1.29, 1.82) is 0 Å². The lowest BCUT2D eigenvalue weighted by atomic mass is 10.0. The zero-order valence-electron chi connectivity index (χ0n) is 14.8. The predicted molar refractivity (Wildman–Crippen MR) is 106 cm³/mol. The molecule has 1 fully saturated rings. The van der Waals surface area contributed by atoms with Gasteiger partial charge in [0.15, 0.2) is 5.13 Å². The number of amides is 1. The number of hydrogen-bond acceptors (Lipinski definition) is 5. The molecule has 1 aliphatic rings. The van der Waals surface area contributed by atoms with Crippen molar-refractivity contribution in [3.8, 4) is 22.4 Å². The summed E-state index contributed by atoms with van der Waals surface area (Å²) in [5, 5.41) is 5.55. The molecular weight excluding hydrogens is 344 g/mol. The molecule has 4 rings (SSSR count). The van der Waals surface area contributed by atoms with Crippen molar-refractivity contribution >= 4 is 28.1 Å². The van der Waals surface area contributed by atoms with Gasteiger partial charge in [-0.25, -0.2) is 4.98 Å². The lowest BCUT2D eigenvalue weighted by Gasteiger charge is -2.17. The summed E-state index contributed by atoms with van der Waals surface area (Å²) >= 11 is 1.47. The molecule has 132 valence electrons. The molecule has 0 radical (unpaired) electrons. The molecule has 1 amide bonds. The molecule has 0 unspecified atom stereocenters. The standard InChI is InChI=1S/C20H20N4OS/c1-24(2)18-9-10-21-11-16(18)13-3-5-14(6-4-13)17-12-26-20(22-17)23-19(25)15-7-8-15/h3-6,9-12,15H,7-8H2,1-2H3,(H,22,23,25). The number of carbonyl (C=O) groups excluding carboxylic acids is 1. The maximum Gasteiger partial charge on any atom is 0.229 e. The van der Waals surface area contributed by atoms with E-state index >= 15 is 0 Å². The average Bonchev–Trinajstić information content (AvgIpc) is 3.42. The van der Waals surface area contributed by atoms with E-state index in [0.717, 1.165) is 40.9 Å². The van der Waals surface area contributed by atoms with Crippen LogP contribution in [0, 0.1) is 5.92 Å². The Bertz CT molecular complexity index is 929. The van der Waals surface area contributed by atoms with E-state index < -0.39 is 0 Å². The Morgan fingerprint density at radius 3 is 2.58 bits per heavy atom. The molecular formula is C20H20N4OS. The topological polar surface area (TPSA) is 58.1 Å². The van der Waals surface area contributed by atoms with Crippen molar-refractivity contribution in [3.63, 3.8) is 0 Å². The first-order chi connectivity index (χ1) is 12.6. The second kappa shape index (κ2) is 6.88. The van der Waals surface area contributed by atoms with Gasteiger partial charge in [0.2, 0.25) is 5.91 Å². The maximum absolute atomic E-state index is 11.9. The van der Waals surface area contributed by atoms with Gasteiger partial charge in [0, 0.05) is 54.6 Å². The van der Waals surface area contributed by atoms with Gasteiger partial charge in [0.25, 0.3) is 0 Å². The first-order valence-corrected chi connectivity index (χ1v) is 9.48. The first kappa shape index (κ1) is 16.7. The number of nitrogens with zero attached hydrogens (tertiary/aromatic N) is 3. The number of hydrogen-bond donors (Lipinski definition) is 1. The molecule has 1 aliphatic carbocycles. The molecule has 5 nitrogen and oxygen atoms in total. The average molecular weight is 364 g/mol. The number of carbonyl (C=O) groups is 1. The molecule has 2 aromatic heterocycles. The number of rotatable bonds is 5. The van der Waals surface area contributed by atoms with Crippen LogP contribution in [0.15, 0.2) is 48.1 Å². The van der Waals surface area contributed by atoms with Crippen molar-refractivity contribution in [1.82, 2.24) is 9.97 Å². The van der Waals surface area contributed by atoms with Crippen molar-refractivity contribution in [3.05, 3.63) is 48.1 Å². The minimum Gasteiger partial charge on any atom is -0.377 e. The zero-order chi connectivity index (χ0) is 18.1. The number of nitrogens with one attached hydrogen (secondary N) is 1. The smallest absolute Gasteiger partial charge is 0.229 e. The van der Waals surface area contributed by atoms with Crippen LogP contribution in [0.5, 0.6) is 0 Å². The van der Waals surface area contributed by atoms with Gasteiger partial charge in [-0.3, -0.25) is 9.78 Å². The second-order valence-corrected chi connectivity index (χ2v) is 7.52. The minimum atomic E-state index is 0.0917. The van der Waals surface area contributed by atoms with E-state index in [9.17, 15) is 4.79 Å². The minimum absolute atomic E-state index is 0.0917. The van der Waals surface area contributed by atoms with Gasteiger partial charge in [0.1, 0.15) is 0 Å². The quantitative estimate of drug-likeness (QED) is 0.734. The normalized spacial score (nSPS) is 13.5.